The van der Waals surface area contributed by atoms with Crippen molar-refractivity contribution in [2.75, 3.05) is 6.54 Å². The maximum atomic E-state index is 12.9. The Kier molecular flexibility index (Phi) is 3.98. The van der Waals surface area contributed by atoms with Crippen molar-refractivity contribution in [3.8, 4) is 28.9 Å². The monoisotopic (exact) mass is 385 g/mol. The fourth-order valence-electron chi connectivity index (χ4n) is 4.11. The van der Waals surface area contributed by atoms with E-state index in [0.717, 1.165) is 11.3 Å². The highest BCUT2D eigenvalue weighted by Crippen LogP contribution is 2.44. The molecule has 29 heavy (non-hydrogen) atoms. The molecule has 3 atom stereocenters. The number of aromatic nitrogens is 2. The van der Waals surface area contributed by atoms with E-state index >= 15 is 0 Å². The highest BCUT2D eigenvalue weighted by molar-refractivity contribution is 5.96. The number of aromatic amines is 1. The number of rotatable bonds is 4. The molecule has 1 amide bonds. The van der Waals surface area contributed by atoms with Crippen LogP contribution < -0.4 is 4.74 Å². The van der Waals surface area contributed by atoms with Crippen molar-refractivity contribution < 1.29 is 9.53 Å². The maximum absolute atomic E-state index is 12.9. The molecule has 144 valence electrons. The molecule has 0 radical (unpaired) electrons. The molecular formula is C22H19N5O2. The maximum Gasteiger partial charge on any atom is 0.274 e. The van der Waals surface area contributed by atoms with Crippen molar-refractivity contribution in [1.82, 2.24) is 20.0 Å². The lowest BCUT2D eigenvalue weighted by Gasteiger charge is -2.16. The quantitative estimate of drug-likeness (QED) is 0.549. The molecule has 2 aliphatic rings. The third-order valence-corrected chi connectivity index (χ3v) is 5.51. The SMILES string of the molecule is CC1CN(C#N)C2[C@@H]1N2C(=O)c1cc(-c2ccccc2Oc2ccccc2)n[nH]1. The summed E-state index contributed by atoms with van der Waals surface area (Å²) in [6.07, 6.45) is 2.06. The molecular weight excluding hydrogens is 366 g/mol. The number of nitriles is 1. The Morgan fingerprint density at radius 3 is 2.76 bits per heavy atom. The minimum atomic E-state index is -0.132. The van der Waals surface area contributed by atoms with E-state index in [9.17, 15) is 10.1 Å². The normalized spacial score (nSPS) is 22.1. The van der Waals surface area contributed by atoms with E-state index in [1.807, 2.05) is 54.6 Å². The Bertz CT molecular complexity index is 1100. The zero-order valence-corrected chi connectivity index (χ0v) is 15.8. The van der Waals surface area contributed by atoms with Gasteiger partial charge >= 0.3 is 0 Å². The van der Waals surface area contributed by atoms with E-state index in [1.165, 1.54) is 0 Å². The van der Waals surface area contributed by atoms with Crippen molar-refractivity contribution >= 4 is 5.91 Å². The van der Waals surface area contributed by atoms with Crippen LogP contribution in [0.25, 0.3) is 11.3 Å². The van der Waals surface area contributed by atoms with Crippen molar-refractivity contribution in [2.24, 2.45) is 5.92 Å². The van der Waals surface area contributed by atoms with Crippen LogP contribution in [0.4, 0.5) is 0 Å². The molecule has 2 fully saturated rings. The smallest absolute Gasteiger partial charge is 0.274 e. The molecule has 1 aromatic heterocycles. The summed E-state index contributed by atoms with van der Waals surface area (Å²) in [5, 5.41) is 16.5. The first kappa shape index (κ1) is 17.3. The summed E-state index contributed by atoms with van der Waals surface area (Å²) in [6, 6.07) is 19.0. The highest BCUT2D eigenvalue weighted by atomic mass is 16.5. The fraction of sp³-hybridized carbons (Fsp3) is 0.227. The van der Waals surface area contributed by atoms with Crippen molar-refractivity contribution in [3.63, 3.8) is 0 Å². The number of hydrogen-bond donors (Lipinski definition) is 1. The third-order valence-electron chi connectivity index (χ3n) is 5.51. The fourth-order valence-corrected chi connectivity index (χ4v) is 4.11. The largest absolute Gasteiger partial charge is 0.457 e. The van der Waals surface area contributed by atoms with E-state index in [1.54, 1.807) is 15.9 Å². The number of fused-ring (bicyclic) bond motifs is 1. The average molecular weight is 385 g/mol. The molecule has 2 saturated heterocycles. The minimum Gasteiger partial charge on any atom is -0.457 e. The lowest BCUT2D eigenvalue weighted by molar-refractivity contribution is 0.0810. The van der Waals surface area contributed by atoms with Gasteiger partial charge in [-0.25, -0.2) is 0 Å². The van der Waals surface area contributed by atoms with Crippen LogP contribution in [0.2, 0.25) is 0 Å². The Labute approximate surface area is 168 Å². The summed E-state index contributed by atoms with van der Waals surface area (Å²) in [7, 11) is 0. The van der Waals surface area contributed by atoms with Crippen LogP contribution >= 0.6 is 0 Å². The summed E-state index contributed by atoms with van der Waals surface area (Å²) < 4.78 is 6.00. The first-order valence-corrected chi connectivity index (χ1v) is 9.54. The highest BCUT2D eigenvalue weighted by Gasteiger charge is 2.62. The molecule has 5 rings (SSSR count). The van der Waals surface area contributed by atoms with E-state index in [-0.39, 0.29) is 24.0 Å². The zero-order chi connectivity index (χ0) is 20.0. The molecule has 0 aliphatic carbocycles. The number of ether oxygens (including phenoxy) is 1. The molecule has 3 heterocycles. The molecule has 7 heteroatoms. The van der Waals surface area contributed by atoms with Gasteiger partial charge < -0.3 is 9.64 Å². The number of carbonyl (C=O) groups excluding carboxylic acids is 1. The first-order valence-electron chi connectivity index (χ1n) is 9.54. The predicted octanol–water partition coefficient (Wildman–Crippen LogP) is 3.45. The second kappa shape index (κ2) is 6.67. The van der Waals surface area contributed by atoms with Gasteiger partial charge in [-0.1, -0.05) is 37.3 Å². The van der Waals surface area contributed by atoms with Crippen molar-refractivity contribution in [2.45, 2.75) is 19.1 Å². The van der Waals surface area contributed by atoms with E-state index < -0.39 is 0 Å². The van der Waals surface area contributed by atoms with Crippen LogP contribution in [-0.4, -0.2) is 44.7 Å². The van der Waals surface area contributed by atoms with Crippen LogP contribution in [0, 0.1) is 17.4 Å². The van der Waals surface area contributed by atoms with Gasteiger partial charge in [0.25, 0.3) is 5.91 Å². The van der Waals surface area contributed by atoms with Crippen LogP contribution in [0.15, 0.2) is 60.7 Å². The van der Waals surface area contributed by atoms with Crippen molar-refractivity contribution in [1.29, 1.82) is 5.26 Å². The van der Waals surface area contributed by atoms with Gasteiger partial charge in [0.05, 0.1) is 11.7 Å². The average Bonchev–Trinajstić information content (AvgIpc) is 3.12. The number of nitrogens with one attached hydrogen (secondary N) is 1. The number of para-hydroxylation sites is 2. The summed E-state index contributed by atoms with van der Waals surface area (Å²) in [5.41, 5.74) is 1.84. The van der Waals surface area contributed by atoms with Gasteiger partial charge in [-0.15, -0.1) is 0 Å². The number of carbonyl (C=O) groups is 1. The number of hydrogen-bond acceptors (Lipinski definition) is 5. The molecule has 7 nitrogen and oxygen atoms in total. The second-order valence-corrected chi connectivity index (χ2v) is 7.42. The Morgan fingerprint density at radius 2 is 1.97 bits per heavy atom. The second-order valence-electron chi connectivity index (χ2n) is 7.42. The van der Waals surface area contributed by atoms with Gasteiger partial charge in [0.1, 0.15) is 23.4 Å². The van der Waals surface area contributed by atoms with Gasteiger partial charge in [0.2, 0.25) is 0 Å². The van der Waals surface area contributed by atoms with E-state index in [0.29, 0.717) is 23.7 Å². The third kappa shape index (κ3) is 2.90. The molecule has 3 aromatic rings. The molecule has 2 aromatic carbocycles. The van der Waals surface area contributed by atoms with Crippen LogP contribution in [-0.2, 0) is 0 Å². The Morgan fingerprint density at radius 1 is 1.21 bits per heavy atom. The lowest BCUT2D eigenvalue weighted by atomic mass is 10.1. The summed E-state index contributed by atoms with van der Waals surface area (Å²) in [5.74, 6) is 1.55. The predicted molar refractivity (Wildman–Crippen MR) is 106 cm³/mol. The van der Waals surface area contributed by atoms with Gasteiger partial charge in [0.15, 0.2) is 6.19 Å². The molecule has 1 N–H and O–H groups in total. The summed E-state index contributed by atoms with van der Waals surface area (Å²) in [6.45, 7) is 2.77. The van der Waals surface area contributed by atoms with Gasteiger partial charge in [-0.05, 0) is 36.2 Å². The Hall–Kier alpha value is -3.79. The molecule has 0 saturated carbocycles. The first-order chi connectivity index (χ1) is 14.2. The standard InChI is InChI=1S/C22H19N5O2/c1-14-12-26(13-23)21-20(14)27(21)22(28)18-11-17(24-25-18)16-9-5-6-10-19(16)29-15-7-3-2-4-8-15/h2-11,14,20-21H,12H2,1H3,(H,24,25)/t14?,20-,21?,27?/m1/s1. The number of nitrogens with zero attached hydrogens (tertiary/aromatic N) is 4. The Balaban J connectivity index is 1.39. The molecule has 0 bridgehead atoms. The summed E-state index contributed by atoms with van der Waals surface area (Å²) in [4.78, 5) is 16.4. The van der Waals surface area contributed by atoms with Crippen LogP contribution in [0.1, 0.15) is 17.4 Å². The topological polar surface area (TPSA) is 85.0 Å². The van der Waals surface area contributed by atoms with Crippen molar-refractivity contribution in [3.05, 3.63) is 66.4 Å². The van der Waals surface area contributed by atoms with Gasteiger partial charge in [0, 0.05) is 12.1 Å². The van der Waals surface area contributed by atoms with Gasteiger partial charge in [-0.3, -0.25) is 14.8 Å². The van der Waals surface area contributed by atoms with E-state index in [4.69, 9.17) is 4.74 Å². The summed E-state index contributed by atoms with van der Waals surface area (Å²) >= 11 is 0. The molecule has 2 aliphatic heterocycles. The minimum absolute atomic E-state index is 0.0996. The number of H-pyrrole nitrogens is 1. The molecule has 2 unspecified atom stereocenters. The number of amides is 1. The van der Waals surface area contributed by atoms with Crippen LogP contribution in [0.3, 0.4) is 0 Å². The van der Waals surface area contributed by atoms with Crippen LogP contribution in [0.5, 0.6) is 11.5 Å². The number of likely N-dealkylation sites (tertiary alicyclic amines) is 1. The zero-order valence-electron chi connectivity index (χ0n) is 15.8. The number of benzene rings is 2. The molecule has 0 spiro atoms. The lowest BCUT2D eigenvalue weighted by Crippen LogP contribution is -2.30. The van der Waals surface area contributed by atoms with Gasteiger partial charge in [-0.2, -0.15) is 10.4 Å². The van der Waals surface area contributed by atoms with E-state index in [2.05, 4.69) is 23.3 Å².